The standard InChI is InChI=1S/C27H24FN7O/c28-21-8-10-22(11-9-21)35-15-20(14-32-35)19-7-3-4-17(12-19)13-29-27(36)24-23-26(31-16-30-24)34-25(33-23)18-5-1-2-6-18/h3-4,7-12,14-16,18H,1-2,5-6,13H2,(H,29,36)(H,30,31,33,34). The van der Waals surface area contributed by atoms with Crippen LogP contribution in [0.25, 0.3) is 28.0 Å². The average Bonchev–Trinajstić information content (AvgIpc) is 3.68. The SMILES string of the molecule is O=C(NCc1cccc(-c2cnn(-c3ccc(F)cc3)c2)c1)c1ncnc2nc(C3CCCC3)[nH]c12. The van der Waals surface area contributed by atoms with Gasteiger partial charge >= 0.3 is 0 Å². The third kappa shape index (κ3) is 4.35. The molecule has 6 rings (SSSR count). The van der Waals surface area contributed by atoms with E-state index in [0.29, 0.717) is 29.3 Å². The molecule has 0 atom stereocenters. The molecule has 0 radical (unpaired) electrons. The molecule has 1 saturated carbocycles. The lowest BCUT2D eigenvalue weighted by atomic mass is 10.1. The van der Waals surface area contributed by atoms with Crippen molar-refractivity contribution in [2.75, 3.05) is 0 Å². The first kappa shape index (κ1) is 22.1. The highest BCUT2D eigenvalue weighted by Gasteiger charge is 2.23. The van der Waals surface area contributed by atoms with Crippen molar-refractivity contribution in [3.05, 3.63) is 90.2 Å². The molecule has 0 spiro atoms. The molecule has 2 N–H and O–H groups in total. The number of benzene rings is 2. The molecule has 5 aromatic rings. The van der Waals surface area contributed by atoms with Crippen molar-refractivity contribution in [2.45, 2.75) is 38.1 Å². The monoisotopic (exact) mass is 481 g/mol. The molecule has 2 aromatic carbocycles. The van der Waals surface area contributed by atoms with Crippen molar-refractivity contribution in [1.29, 1.82) is 0 Å². The molecule has 3 aromatic heterocycles. The van der Waals surface area contributed by atoms with Gasteiger partial charge in [0.15, 0.2) is 11.3 Å². The van der Waals surface area contributed by atoms with Crippen molar-refractivity contribution >= 4 is 17.1 Å². The quantitative estimate of drug-likeness (QED) is 0.358. The minimum absolute atomic E-state index is 0.279. The fourth-order valence-electron chi connectivity index (χ4n) is 4.74. The molecule has 36 heavy (non-hydrogen) atoms. The molecule has 1 aliphatic carbocycles. The topological polar surface area (TPSA) is 101 Å². The summed E-state index contributed by atoms with van der Waals surface area (Å²) in [5.41, 5.74) is 5.01. The largest absolute Gasteiger partial charge is 0.347 e. The lowest BCUT2D eigenvalue weighted by Gasteiger charge is -2.07. The summed E-state index contributed by atoms with van der Waals surface area (Å²) >= 11 is 0. The van der Waals surface area contributed by atoms with Gasteiger partial charge in [0.1, 0.15) is 23.5 Å². The van der Waals surface area contributed by atoms with E-state index in [0.717, 1.165) is 41.0 Å². The third-order valence-corrected chi connectivity index (χ3v) is 6.65. The van der Waals surface area contributed by atoms with Gasteiger partial charge in [-0.1, -0.05) is 31.0 Å². The predicted octanol–water partition coefficient (Wildman–Crippen LogP) is 4.93. The Bertz CT molecular complexity index is 1530. The van der Waals surface area contributed by atoms with E-state index in [1.54, 1.807) is 23.0 Å². The summed E-state index contributed by atoms with van der Waals surface area (Å²) in [4.78, 5) is 29.4. The Balaban J connectivity index is 1.17. The van der Waals surface area contributed by atoms with Crippen LogP contribution in [0.3, 0.4) is 0 Å². The number of hydrogen-bond acceptors (Lipinski definition) is 5. The molecule has 1 fully saturated rings. The number of halogens is 1. The zero-order valence-electron chi connectivity index (χ0n) is 19.5. The number of rotatable bonds is 6. The summed E-state index contributed by atoms with van der Waals surface area (Å²) in [5.74, 6) is 0.722. The fourth-order valence-corrected chi connectivity index (χ4v) is 4.74. The highest BCUT2D eigenvalue weighted by Crippen LogP contribution is 2.33. The van der Waals surface area contributed by atoms with Crippen LogP contribution < -0.4 is 5.32 Å². The van der Waals surface area contributed by atoms with E-state index < -0.39 is 0 Å². The summed E-state index contributed by atoms with van der Waals surface area (Å²) in [6, 6.07) is 14.1. The van der Waals surface area contributed by atoms with E-state index in [4.69, 9.17) is 0 Å². The third-order valence-electron chi connectivity index (χ3n) is 6.65. The number of hydrogen-bond donors (Lipinski definition) is 2. The first-order valence-corrected chi connectivity index (χ1v) is 12.0. The molecule has 0 bridgehead atoms. The van der Waals surface area contributed by atoms with Crippen LogP contribution >= 0.6 is 0 Å². The van der Waals surface area contributed by atoms with E-state index in [2.05, 4.69) is 30.4 Å². The Kier molecular flexibility index (Phi) is 5.73. The number of amides is 1. The zero-order chi connectivity index (χ0) is 24.5. The molecular weight excluding hydrogens is 457 g/mol. The Morgan fingerprint density at radius 3 is 2.75 bits per heavy atom. The highest BCUT2D eigenvalue weighted by atomic mass is 19.1. The predicted molar refractivity (Wildman–Crippen MR) is 133 cm³/mol. The van der Waals surface area contributed by atoms with Crippen molar-refractivity contribution in [2.24, 2.45) is 0 Å². The summed E-state index contributed by atoms with van der Waals surface area (Å²) in [6.07, 6.45) is 9.65. The lowest BCUT2D eigenvalue weighted by molar-refractivity contribution is 0.0947. The Morgan fingerprint density at radius 1 is 1.08 bits per heavy atom. The zero-order valence-corrected chi connectivity index (χ0v) is 19.5. The van der Waals surface area contributed by atoms with Crippen molar-refractivity contribution in [3.8, 4) is 16.8 Å². The maximum atomic E-state index is 13.2. The van der Waals surface area contributed by atoms with Gasteiger partial charge in [0.05, 0.1) is 11.9 Å². The van der Waals surface area contributed by atoms with Crippen LogP contribution in [0.4, 0.5) is 4.39 Å². The number of H-pyrrole nitrogens is 1. The van der Waals surface area contributed by atoms with Gasteiger partial charge in [-0.05, 0) is 54.3 Å². The van der Waals surface area contributed by atoms with Gasteiger partial charge < -0.3 is 10.3 Å². The van der Waals surface area contributed by atoms with E-state index in [1.165, 1.54) is 31.3 Å². The molecule has 180 valence electrons. The average molecular weight is 482 g/mol. The number of nitrogens with one attached hydrogen (secondary N) is 2. The molecule has 3 heterocycles. The van der Waals surface area contributed by atoms with Gasteiger partial charge in [0.2, 0.25) is 0 Å². The van der Waals surface area contributed by atoms with E-state index in [-0.39, 0.29) is 11.7 Å². The van der Waals surface area contributed by atoms with Crippen molar-refractivity contribution < 1.29 is 9.18 Å². The van der Waals surface area contributed by atoms with Gasteiger partial charge in [-0.2, -0.15) is 5.10 Å². The van der Waals surface area contributed by atoms with Crippen LogP contribution in [0.15, 0.2) is 67.3 Å². The van der Waals surface area contributed by atoms with Gasteiger partial charge in [-0.25, -0.2) is 24.0 Å². The number of nitrogens with zero attached hydrogens (tertiary/aromatic N) is 5. The van der Waals surface area contributed by atoms with E-state index >= 15 is 0 Å². The number of carbonyl (C=O) groups excluding carboxylic acids is 1. The van der Waals surface area contributed by atoms with Gasteiger partial charge in [0, 0.05) is 24.2 Å². The van der Waals surface area contributed by atoms with Crippen LogP contribution in [0.2, 0.25) is 0 Å². The second kappa shape index (κ2) is 9.33. The van der Waals surface area contributed by atoms with Crippen LogP contribution in [0, 0.1) is 5.82 Å². The van der Waals surface area contributed by atoms with Gasteiger partial charge in [0.25, 0.3) is 5.91 Å². The maximum Gasteiger partial charge on any atom is 0.272 e. The summed E-state index contributed by atoms with van der Waals surface area (Å²) in [6.45, 7) is 0.341. The molecule has 9 heteroatoms. The minimum Gasteiger partial charge on any atom is -0.347 e. The number of carbonyl (C=O) groups is 1. The summed E-state index contributed by atoms with van der Waals surface area (Å²) in [7, 11) is 0. The molecule has 0 saturated heterocycles. The second-order valence-electron chi connectivity index (χ2n) is 9.06. The van der Waals surface area contributed by atoms with Crippen LogP contribution in [-0.2, 0) is 6.54 Å². The van der Waals surface area contributed by atoms with Gasteiger partial charge in [-0.15, -0.1) is 0 Å². The summed E-state index contributed by atoms with van der Waals surface area (Å²) < 4.78 is 14.9. The normalized spacial score (nSPS) is 13.9. The van der Waals surface area contributed by atoms with Crippen molar-refractivity contribution in [1.82, 2.24) is 35.0 Å². The number of fused-ring (bicyclic) bond motifs is 1. The molecule has 1 aliphatic rings. The van der Waals surface area contributed by atoms with Crippen LogP contribution in [-0.4, -0.2) is 35.6 Å². The van der Waals surface area contributed by atoms with Crippen molar-refractivity contribution in [3.63, 3.8) is 0 Å². The first-order valence-electron chi connectivity index (χ1n) is 12.0. The highest BCUT2D eigenvalue weighted by molar-refractivity contribution is 6.02. The number of aromatic nitrogens is 6. The number of imidazole rings is 1. The van der Waals surface area contributed by atoms with Gasteiger partial charge in [-0.3, -0.25) is 4.79 Å². The molecular formula is C27H24FN7O. The molecule has 1 amide bonds. The Hall–Kier alpha value is -4.40. The first-order chi connectivity index (χ1) is 17.6. The fraction of sp³-hybridized carbons (Fsp3) is 0.222. The Morgan fingerprint density at radius 2 is 1.92 bits per heavy atom. The van der Waals surface area contributed by atoms with E-state index in [9.17, 15) is 9.18 Å². The smallest absolute Gasteiger partial charge is 0.272 e. The molecule has 8 nitrogen and oxygen atoms in total. The maximum absolute atomic E-state index is 13.2. The lowest BCUT2D eigenvalue weighted by Crippen LogP contribution is -2.24. The minimum atomic E-state index is -0.287. The Labute approximate surface area is 206 Å². The van der Waals surface area contributed by atoms with E-state index in [1.807, 2.05) is 30.5 Å². The molecule has 0 aliphatic heterocycles. The van der Waals surface area contributed by atoms with Crippen LogP contribution in [0.1, 0.15) is 53.5 Å². The second-order valence-corrected chi connectivity index (χ2v) is 9.06. The summed E-state index contributed by atoms with van der Waals surface area (Å²) in [5, 5.41) is 7.36. The number of aromatic amines is 1. The molecule has 0 unspecified atom stereocenters. The van der Waals surface area contributed by atoms with Crippen LogP contribution in [0.5, 0.6) is 0 Å².